The van der Waals surface area contributed by atoms with Gasteiger partial charge in [-0.15, -0.1) is 12.4 Å². The van der Waals surface area contributed by atoms with Crippen molar-refractivity contribution in [1.82, 2.24) is 14.9 Å². The highest BCUT2D eigenvalue weighted by Gasteiger charge is 2.14. The second-order valence-electron chi connectivity index (χ2n) is 6.38. The first-order chi connectivity index (χ1) is 11.4. The summed E-state index contributed by atoms with van der Waals surface area (Å²) in [5.74, 6) is 1.74. The third-order valence-electron chi connectivity index (χ3n) is 4.59. The SMILES string of the molecule is Cl.c1cc(NCCCCN2CCCCC2)nc(N2CCOCC2)n1. The van der Waals surface area contributed by atoms with E-state index in [9.17, 15) is 0 Å². The van der Waals surface area contributed by atoms with Crippen molar-refractivity contribution >= 4 is 24.2 Å². The van der Waals surface area contributed by atoms with E-state index in [-0.39, 0.29) is 12.4 Å². The first-order valence-electron chi connectivity index (χ1n) is 9.04. The van der Waals surface area contributed by atoms with Gasteiger partial charge < -0.3 is 19.9 Å². The zero-order valence-electron chi connectivity index (χ0n) is 14.5. The van der Waals surface area contributed by atoms with Gasteiger partial charge in [0.1, 0.15) is 5.82 Å². The van der Waals surface area contributed by atoms with Crippen LogP contribution in [0, 0.1) is 0 Å². The van der Waals surface area contributed by atoms with Crippen molar-refractivity contribution in [2.24, 2.45) is 0 Å². The Balaban J connectivity index is 0.00000208. The molecule has 24 heavy (non-hydrogen) atoms. The van der Waals surface area contributed by atoms with Crippen LogP contribution in [0.15, 0.2) is 12.3 Å². The summed E-state index contributed by atoms with van der Waals surface area (Å²) in [5.41, 5.74) is 0. The van der Waals surface area contributed by atoms with Gasteiger partial charge in [0.2, 0.25) is 5.95 Å². The molecule has 136 valence electrons. The Bertz CT molecular complexity index is 464. The predicted octanol–water partition coefficient (Wildman–Crippen LogP) is 2.41. The molecule has 3 rings (SSSR count). The van der Waals surface area contributed by atoms with Gasteiger partial charge in [0.25, 0.3) is 0 Å². The van der Waals surface area contributed by atoms with E-state index in [1.54, 1.807) is 0 Å². The van der Waals surface area contributed by atoms with Crippen LogP contribution in [0.1, 0.15) is 32.1 Å². The summed E-state index contributed by atoms with van der Waals surface area (Å²) < 4.78 is 5.38. The van der Waals surface area contributed by atoms with Crippen LogP contribution >= 0.6 is 12.4 Å². The molecule has 2 aliphatic rings. The highest BCUT2D eigenvalue weighted by atomic mass is 35.5. The Hall–Kier alpha value is -1.11. The second kappa shape index (κ2) is 10.7. The fourth-order valence-corrected chi connectivity index (χ4v) is 3.22. The van der Waals surface area contributed by atoms with Crippen molar-refractivity contribution in [3.63, 3.8) is 0 Å². The first kappa shape index (κ1) is 19.2. The molecule has 1 aromatic heterocycles. The van der Waals surface area contributed by atoms with E-state index in [1.165, 1.54) is 51.7 Å². The molecular formula is C17H30ClN5O. The first-order valence-corrected chi connectivity index (χ1v) is 9.04. The van der Waals surface area contributed by atoms with Crippen molar-refractivity contribution in [2.75, 3.05) is 62.7 Å². The largest absolute Gasteiger partial charge is 0.378 e. The maximum absolute atomic E-state index is 5.38. The lowest BCUT2D eigenvalue weighted by Crippen LogP contribution is -2.37. The van der Waals surface area contributed by atoms with Crippen LogP contribution in [0.25, 0.3) is 0 Å². The number of piperidine rings is 1. The van der Waals surface area contributed by atoms with Crippen LogP contribution in [-0.2, 0) is 4.74 Å². The third-order valence-corrected chi connectivity index (χ3v) is 4.59. The lowest BCUT2D eigenvalue weighted by molar-refractivity contribution is 0.122. The van der Waals surface area contributed by atoms with E-state index in [1.807, 2.05) is 12.3 Å². The van der Waals surface area contributed by atoms with Crippen molar-refractivity contribution in [3.8, 4) is 0 Å². The molecule has 0 bridgehead atoms. The summed E-state index contributed by atoms with van der Waals surface area (Å²) >= 11 is 0. The topological polar surface area (TPSA) is 53.5 Å². The number of anilines is 2. The molecule has 2 fully saturated rings. The lowest BCUT2D eigenvalue weighted by Gasteiger charge is -2.27. The number of hydrogen-bond donors (Lipinski definition) is 1. The van der Waals surface area contributed by atoms with E-state index >= 15 is 0 Å². The molecule has 2 aliphatic heterocycles. The molecule has 6 nitrogen and oxygen atoms in total. The molecular weight excluding hydrogens is 326 g/mol. The Morgan fingerprint density at radius 2 is 1.83 bits per heavy atom. The van der Waals surface area contributed by atoms with E-state index in [4.69, 9.17) is 4.74 Å². The maximum atomic E-state index is 5.38. The summed E-state index contributed by atoms with van der Waals surface area (Å²) in [7, 11) is 0. The number of nitrogens with zero attached hydrogens (tertiary/aromatic N) is 4. The van der Waals surface area contributed by atoms with Gasteiger partial charge in [0.05, 0.1) is 13.2 Å². The average Bonchev–Trinajstić information content (AvgIpc) is 2.63. The smallest absolute Gasteiger partial charge is 0.227 e. The average molecular weight is 356 g/mol. The standard InChI is InChI=1S/C17H29N5O.ClH/c1-3-9-21(10-4-1)11-5-2-7-18-16-6-8-19-17(20-16)22-12-14-23-15-13-22;/h6,8H,1-5,7,9-15H2,(H,18,19,20);1H. The molecule has 3 heterocycles. The van der Waals surface area contributed by atoms with Gasteiger partial charge in [-0.2, -0.15) is 4.98 Å². The van der Waals surface area contributed by atoms with Crippen LogP contribution in [-0.4, -0.2) is 67.4 Å². The van der Waals surface area contributed by atoms with Crippen molar-refractivity contribution in [1.29, 1.82) is 0 Å². The Kier molecular flexibility index (Phi) is 8.56. The minimum absolute atomic E-state index is 0. The van der Waals surface area contributed by atoms with Crippen molar-refractivity contribution in [3.05, 3.63) is 12.3 Å². The molecule has 0 amide bonds. The van der Waals surface area contributed by atoms with Crippen LogP contribution in [0.3, 0.4) is 0 Å². The second-order valence-corrected chi connectivity index (χ2v) is 6.38. The number of halogens is 1. The van der Waals surface area contributed by atoms with Gasteiger partial charge in [-0.1, -0.05) is 6.42 Å². The number of rotatable bonds is 7. The van der Waals surface area contributed by atoms with Gasteiger partial charge in [0.15, 0.2) is 0 Å². The summed E-state index contributed by atoms with van der Waals surface area (Å²) in [6.07, 6.45) is 8.46. The van der Waals surface area contributed by atoms with Crippen LogP contribution in [0.5, 0.6) is 0 Å². The minimum atomic E-state index is 0. The van der Waals surface area contributed by atoms with E-state index in [0.29, 0.717) is 0 Å². The zero-order chi connectivity index (χ0) is 15.7. The van der Waals surface area contributed by atoms with Crippen molar-refractivity contribution < 1.29 is 4.74 Å². The normalized spacial score (nSPS) is 18.9. The monoisotopic (exact) mass is 355 g/mol. The highest BCUT2D eigenvalue weighted by Crippen LogP contribution is 2.13. The van der Waals surface area contributed by atoms with Gasteiger partial charge in [0, 0.05) is 25.8 Å². The molecule has 2 saturated heterocycles. The number of likely N-dealkylation sites (tertiary alicyclic amines) is 1. The number of morpholine rings is 1. The minimum Gasteiger partial charge on any atom is -0.378 e. The molecule has 0 aliphatic carbocycles. The molecule has 1 aromatic rings. The summed E-state index contributed by atoms with van der Waals surface area (Å²) in [5, 5.41) is 3.43. The molecule has 0 radical (unpaired) electrons. The molecule has 0 saturated carbocycles. The molecule has 0 unspecified atom stereocenters. The summed E-state index contributed by atoms with van der Waals surface area (Å²) in [6.45, 7) is 8.08. The maximum Gasteiger partial charge on any atom is 0.227 e. The van der Waals surface area contributed by atoms with Crippen LogP contribution < -0.4 is 10.2 Å². The Morgan fingerprint density at radius 3 is 2.62 bits per heavy atom. The zero-order valence-corrected chi connectivity index (χ0v) is 15.3. The van der Waals surface area contributed by atoms with Crippen molar-refractivity contribution in [2.45, 2.75) is 32.1 Å². The Morgan fingerprint density at radius 1 is 1.04 bits per heavy atom. The van der Waals surface area contributed by atoms with Crippen LogP contribution in [0.2, 0.25) is 0 Å². The van der Waals surface area contributed by atoms with E-state index in [2.05, 4.69) is 25.1 Å². The number of ether oxygens (including phenoxy) is 1. The van der Waals surface area contributed by atoms with Gasteiger partial charge >= 0.3 is 0 Å². The van der Waals surface area contributed by atoms with E-state index < -0.39 is 0 Å². The quantitative estimate of drug-likeness (QED) is 0.758. The van der Waals surface area contributed by atoms with E-state index in [0.717, 1.165) is 44.6 Å². The van der Waals surface area contributed by atoms with Crippen LogP contribution in [0.4, 0.5) is 11.8 Å². The number of hydrogen-bond acceptors (Lipinski definition) is 6. The highest BCUT2D eigenvalue weighted by molar-refractivity contribution is 5.85. The number of nitrogens with one attached hydrogen (secondary N) is 1. The Labute approximate surface area is 151 Å². The number of aromatic nitrogens is 2. The van der Waals surface area contributed by atoms with Gasteiger partial charge in [-0.3, -0.25) is 0 Å². The fraction of sp³-hybridized carbons (Fsp3) is 0.765. The fourth-order valence-electron chi connectivity index (χ4n) is 3.22. The van der Waals surface area contributed by atoms with Gasteiger partial charge in [-0.05, 0) is 51.4 Å². The summed E-state index contributed by atoms with van der Waals surface area (Å²) in [6, 6.07) is 1.95. The predicted molar refractivity (Wildman–Crippen MR) is 100 cm³/mol. The third kappa shape index (κ3) is 6.07. The molecule has 1 N–H and O–H groups in total. The summed E-state index contributed by atoms with van der Waals surface area (Å²) in [4.78, 5) is 13.8. The lowest BCUT2D eigenvalue weighted by atomic mass is 10.1. The molecule has 7 heteroatoms. The number of unbranched alkanes of at least 4 members (excludes halogenated alkanes) is 1. The van der Waals surface area contributed by atoms with Gasteiger partial charge in [-0.25, -0.2) is 4.98 Å². The molecule has 0 atom stereocenters. The molecule has 0 aromatic carbocycles. The molecule has 0 spiro atoms.